The summed E-state index contributed by atoms with van der Waals surface area (Å²) in [5, 5.41) is 11.9. The normalized spacial score (nSPS) is 15.1. The van der Waals surface area contributed by atoms with Crippen molar-refractivity contribution in [3.63, 3.8) is 0 Å². The van der Waals surface area contributed by atoms with Gasteiger partial charge in [-0.25, -0.2) is 0 Å². The molecule has 14 heavy (non-hydrogen) atoms. The maximum Gasteiger partial charge on any atom is 0.135 e. The summed E-state index contributed by atoms with van der Waals surface area (Å²) in [7, 11) is 1.61. The molecule has 0 fully saturated rings. The Labute approximate surface area is 88.5 Å². The second-order valence-electron chi connectivity index (χ2n) is 3.20. The molecule has 0 spiro atoms. The van der Waals surface area contributed by atoms with E-state index in [0.717, 1.165) is 17.0 Å². The molecule has 1 aromatic rings. The Bertz CT molecular complexity index is 271. The number of hydrogen-bond acceptors (Lipinski definition) is 4. The van der Waals surface area contributed by atoms with E-state index in [9.17, 15) is 5.11 Å². The van der Waals surface area contributed by atoms with Crippen molar-refractivity contribution >= 4 is 11.3 Å². The largest absolute Gasteiger partial charge is 0.495 e. The molecule has 3 N–H and O–H groups in total. The summed E-state index contributed by atoms with van der Waals surface area (Å²) in [5.41, 5.74) is 5.59. The van der Waals surface area contributed by atoms with Crippen LogP contribution in [0.15, 0.2) is 11.4 Å². The third-order valence-electron chi connectivity index (χ3n) is 2.42. The average Bonchev–Trinajstić information content (AvgIpc) is 2.67. The van der Waals surface area contributed by atoms with E-state index in [4.69, 9.17) is 10.5 Å². The Morgan fingerprint density at radius 2 is 2.36 bits per heavy atom. The molecule has 1 rings (SSSR count). The fourth-order valence-electron chi connectivity index (χ4n) is 1.43. The van der Waals surface area contributed by atoms with Crippen molar-refractivity contribution in [3.8, 4) is 5.75 Å². The van der Waals surface area contributed by atoms with Gasteiger partial charge in [0.1, 0.15) is 5.75 Å². The molecule has 1 aromatic heterocycles. The highest BCUT2D eigenvalue weighted by atomic mass is 32.1. The molecule has 0 saturated heterocycles. The molecule has 4 heteroatoms. The van der Waals surface area contributed by atoms with Gasteiger partial charge >= 0.3 is 0 Å². The first-order chi connectivity index (χ1) is 6.74. The Morgan fingerprint density at radius 1 is 1.64 bits per heavy atom. The number of nitrogens with two attached hydrogens (primary N) is 1. The van der Waals surface area contributed by atoms with Crippen molar-refractivity contribution in [3.05, 3.63) is 16.3 Å². The number of ether oxygens (including phenoxy) is 1. The summed E-state index contributed by atoms with van der Waals surface area (Å²) < 4.78 is 5.16. The molecular weight excluding hydrogens is 198 g/mol. The molecule has 0 saturated carbocycles. The van der Waals surface area contributed by atoms with Gasteiger partial charge < -0.3 is 15.6 Å². The van der Waals surface area contributed by atoms with E-state index in [2.05, 4.69) is 0 Å². The average molecular weight is 215 g/mol. The second kappa shape index (κ2) is 5.34. The molecule has 0 aliphatic rings. The number of rotatable bonds is 5. The van der Waals surface area contributed by atoms with Crippen LogP contribution in [-0.4, -0.2) is 18.8 Å². The maximum absolute atomic E-state index is 10.0. The van der Waals surface area contributed by atoms with Crippen LogP contribution in [0, 0.1) is 5.92 Å². The molecule has 0 aliphatic heterocycles. The van der Waals surface area contributed by atoms with E-state index in [-0.39, 0.29) is 5.92 Å². The van der Waals surface area contributed by atoms with Gasteiger partial charge in [0.15, 0.2) is 0 Å². The van der Waals surface area contributed by atoms with Gasteiger partial charge in [-0.15, -0.1) is 11.3 Å². The minimum absolute atomic E-state index is 0.113. The lowest BCUT2D eigenvalue weighted by Crippen LogP contribution is -2.20. The van der Waals surface area contributed by atoms with Crippen LogP contribution < -0.4 is 10.5 Å². The Morgan fingerprint density at radius 3 is 2.86 bits per heavy atom. The lowest BCUT2D eigenvalue weighted by molar-refractivity contribution is 0.111. The molecule has 80 valence electrons. The summed E-state index contributed by atoms with van der Waals surface area (Å²) in [5.74, 6) is 0.872. The predicted molar refractivity (Wildman–Crippen MR) is 58.7 cm³/mol. The van der Waals surface area contributed by atoms with Crippen LogP contribution >= 0.6 is 11.3 Å². The Hall–Kier alpha value is -0.580. The highest BCUT2D eigenvalue weighted by Crippen LogP contribution is 2.35. The number of methoxy groups -OCH3 is 1. The third kappa shape index (κ3) is 2.26. The van der Waals surface area contributed by atoms with Crippen molar-refractivity contribution < 1.29 is 9.84 Å². The van der Waals surface area contributed by atoms with Gasteiger partial charge in [0.2, 0.25) is 0 Å². The molecule has 1 heterocycles. The van der Waals surface area contributed by atoms with Crippen LogP contribution in [0.25, 0.3) is 0 Å². The fraction of sp³-hybridized carbons (Fsp3) is 0.600. The molecule has 2 atom stereocenters. The Balaban J connectivity index is 2.81. The summed E-state index contributed by atoms with van der Waals surface area (Å²) in [6, 6.07) is 1.87. The van der Waals surface area contributed by atoms with Gasteiger partial charge in [0, 0.05) is 5.92 Å². The van der Waals surface area contributed by atoms with Gasteiger partial charge in [0.05, 0.1) is 18.1 Å². The lowest BCUT2D eigenvalue weighted by atomic mass is 9.98. The Kier molecular flexibility index (Phi) is 4.38. The highest BCUT2D eigenvalue weighted by Gasteiger charge is 2.22. The standard InChI is InChI=1S/C10H17NO2S/c1-3-7(6-11)9(12)10-8(13-2)4-5-14-10/h4-5,7,9,12H,3,6,11H2,1-2H3. The molecule has 0 aliphatic carbocycles. The smallest absolute Gasteiger partial charge is 0.135 e. The summed E-state index contributed by atoms with van der Waals surface area (Å²) >= 11 is 1.51. The van der Waals surface area contributed by atoms with E-state index in [1.54, 1.807) is 7.11 Å². The zero-order chi connectivity index (χ0) is 10.6. The predicted octanol–water partition coefficient (Wildman–Crippen LogP) is 1.77. The van der Waals surface area contributed by atoms with Crippen molar-refractivity contribution in [1.82, 2.24) is 0 Å². The van der Waals surface area contributed by atoms with E-state index in [0.29, 0.717) is 6.54 Å². The fourth-order valence-corrected chi connectivity index (χ4v) is 2.36. The topological polar surface area (TPSA) is 55.5 Å². The van der Waals surface area contributed by atoms with Gasteiger partial charge in [-0.1, -0.05) is 6.92 Å². The quantitative estimate of drug-likeness (QED) is 0.787. The minimum Gasteiger partial charge on any atom is -0.495 e. The highest BCUT2D eigenvalue weighted by molar-refractivity contribution is 7.10. The number of aliphatic hydroxyl groups is 1. The van der Waals surface area contributed by atoms with Crippen molar-refractivity contribution in [2.75, 3.05) is 13.7 Å². The third-order valence-corrected chi connectivity index (χ3v) is 3.39. The van der Waals surface area contributed by atoms with Gasteiger partial charge in [0.25, 0.3) is 0 Å². The van der Waals surface area contributed by atoms with Crippen LogP contribution in [0.4, 0.5) is 0 Å². The lowest BCUT2D eigenvalue weighted by Gasteiger charge is -2.19. The minimum atomic E-state index is -0.500. The van der Waals surface area contributed by atoms with E-state index in [1.165, 1.54) is 11.3 Å². The molecule has 0 amide bonds. The molecule has 0 bridgehead atoms. The molecule has 2 unspecified atom stereocenters. The van der Waals surface area contributed by atoms with Crippen LogP contribution in [-0.2, 0) is 0 Å². The van der Waals surface area contributed by atoms with E-state index >= 15 is 0 Å². The number of aliphatic hydroxyl groups excluding tert-OH is 1. The first kappa shape index (κ1) is 11.5. The van der Waals surface area contributed by atoms with E-state index < -0.39 is 6.10 Å². The SMILES string of the molecule is CCC(CN)C(O)c1sccc1OC. The van der Waals surface area contributed by atoms with Crippen molar-refractivity contribution in [2.45, 2.75) is 19.4 Å². The summed E-state index contributed by atoms with van der Waals surface area (Å²) in [6.45, 7) is 2.53. The first-order valence-corrected chi connectivity index (χ1v) is 5.62. The van der Waals surface area contributed by atoms with Gasteiger partial charge in [-0.3, -0.25) is 0 Å². The molecular formula is C10H17NO2S. The number of hydrogen-bond donors (Lipinski definition) is 2. The summed E-state index contributed by atoms with van der Waals surface area (Å²) in [6.07, 6.45) is 0.374. The molecule has 0 aromatic carbocycles. The zero-order valence-corrected chi connectivity index (χ0v) is 9.38. The van der Waals surface area contributed by atoms with Crippen LogP contribution in [0.1, 0.15) is 24.3 Å². The van der Waals surface area contributed by atoms with Crippen molar-refractivity contribution in [1.29, 1.82) is 0 Å². The number of thiophene rings is 1. The first-order valence-electron chi connectivity index (χ1n) is 4.74. The van der Waals surface area contributed by atoms with Crippen LogP contribution in [0.2, 0.25) is 0 Å². The van der Waals surface area contributed by atoms with Crippen molar-refractivity contribution in [2.24, 2.45) is 11.7 Å². The zero-order valence-electron chi connectivity index (χ0n) is 8.56. The van der Waals surface area contributed by atoms with Crippen LogP contribution in [0.3, 0.4) is 0 Å². The maximum atomic E-state index is 10.0. The van der Waals surface area contributed by atoms with E-state index in [1.807, 2.05) is 18.4 Å². The van der Waals surface area contributed by atoms with Gasteiger partial charge in [-0.05, 0) is 24.4 Å². The molecule has 0 radical (unpaired) electrons. The molecule has 3 nitrogen and oxygen atoms in total. The monoisotopic (exact) mass is 215 g/mol. The second-order valence-corrected chi connectivity index (χ2v) is 4.15. The van der Waals surface area contributed by atoms with Gasteiger partial charge in [-0.2, -0.15) is 0 Å². The van der Waals surface area contributed by atoms with Crippen LogP contribution in [0.5, 0.6) is 5.75 Å². The summed E-state index contributed by atoms with van der Waals surface area (Å²) in [4.78, 5) is 0.879.